The topological polar surface area (TPSA) is 84.0 Å². The van der Waals surface area contributed by atoms with Gasteiger partial charge in [0, 0.05) is 10.7 Å². The largest absolute Gasteiger partial charge is 0.338 e. The lowest BCUT2D eigenvalue weighted by Crippen LogP contribution is -2.15. The van der Waals surface area contributed by atoms with Gasteiger partial charge in [0.1, 0.15) is 0 Å². The van der Waals surface area contributed by atoms with Crippen molar-refractivity contribution in [1.82, 2.24) is 10.2 Å². The second-order valence-electron chi connectivity index (χ2n) is 5.76. The van der Waals surface area contributed by atoms with Crippen molar-refractivity contribution in [3.63, 3.8) is 0 Å². The van der Waals surface area contributed by atoms with E-state index in [1.165, 1.54) is 0 Å². The summed E-state index contributed by atoms with van der Waals surface area (Å²) in [5.41, 5.74) is 2.46. The first kappa shape index (κ1) is 18.2. The number of sulfonamides is 1. The molecule has 3 rings (SSSR count). The van der Waals surface area contributed by atoms with Gasteiger partial charge in [-0.1, -0.05) is 35.9 Å². The van der Waals surface area contributed by atoms with Crippen LogP contribution in [0.5, 0.6) is 0 Å². The summed E-state index contributed by atoms with van der Waals surface area (Å²) in [6.45, 7) is 3.68. The van der Waals surface area contributed by atoms with Crippen LogP contribution in [-0.4, -0.2) is 18.6 Å². The van der Waals surface area contributed by atoms with Crippen molar-refractivity contribution >= 4 is 38.9 Å². The molecule has 134 valence electrons. The molecule has 0 saturated heterocycles. The molecule has 2 N–H and O–H groups in total. The maximum Gasteiger partial charge on any atom is 0.263 e. The second-order valence-corrected chi connectivity index (χ2v) is 7.85. The molecule has 0 amide bonds. The van der Waals surface area contributed by atoms with Crippen molar-refractivity contribution in [1.29, 1.82) is 0 Å². The molecule has 0 saturated carbocycles. The predicted octanol–water partition coefficient (Wildman–Crippen LogP) is 4.29. The van der Waals surface area contributed by atoms with Crippen molar-refractivity contribution in [3.8, 4) is 0 Å². The van der Waals surface area contributed by atoms with Crippen LogP contribution in [0.25, 0.3) is 0 Å². The molecule has 0 fully saturated rings. The summed E-state index contributed by atoms with van der Waals surface area (Å²) in [6.07, 6.45) is 0. The van der Waals surface area contributed by atoms with Crippen molar-refractivity contribution in [2.24, 2.45) is 0 Å². The number of anilines is 3. The van der Waals surface area contributed by atoms with Crippen molar-refractivity contribution in [3.05, 3.63) is 70.7 Å². The Kier molecular flexibility index (Phi) is 5.11. The fraction of sp³-hybridized carbons (Fsp3) is 0.111. The van der Waals surface area contributed by atoms with Crippen molar-refractivity contribution in [2.45, 2.75) is 18.7 Å². The molecule has 0 aliphatic carbocycles. The van der Waals surface area contributed by atoms with E-state index in [1.807, 2.05) is 13.0 Å². The Hall–Kier alpha value is -2.64. The Labute approximate surface area is 157 Å². The summed E-state index contributed by atoms with van der Waals surface area (Å²) in [7, 11) is -3.72. The summed E-state index contributed by atoms with van der Waals surface area (Å²) in [5, 5.41) is 11.7. The van der Waals surface area contributed by atoms with Crippen LogP contribution in [0.4, 0.5) is 17.3 Å². The Balaban J connectivity index is 1.78. The van der Waals surface area contributed by atoms with Crippen molar-refractivity contribution < 1.29 is 8.42 Å². The van der Waals surface area contributed by atoms with E-state index in [9.17, 15) is 8.42 Å². The van der Waals surface area contributed by atoms with Crippen LogP contribution in [-0.2, 0) is 10.0 Å². The molecule has 26 heavy (non-hydrogen) atoms. The lowest BCUT2D eigenvalue weighted by atomic mass is 10.2. The molecular weight excluding hydrogens is 372 g/mol. The van der Waals surface area contributed by atoms with Crippen LogP contribution in [0.2, 0.25) is 5.02 Å². The first-order valence-corrected chi connectivity index (χ1v) is 9.66. The number of benzene rings is 2. The minimum atomic E-state index is -3.72. The molecule has 8 heteroatoms. The number of nitrogens with one attached hydrogen (secondary N) is 2. The van der Waals surface area contributed by atoms with Crippen LogP contribution in [0.3, 0.4) is 0 Å². The standard InChI is InChI=1S/C18H17ClN4O2S/c1-12-7-8-14(19)11-15(12)20-17-9-10-18(22-21-17)23-26(24,25)16-6-4-3-5-13(16)2/h3-11H,1-2H3,(H,20,21)(H,22,23). The lowest BCUT2D eigenvalue weighted by Gasteiger charge is -2.11. The number of aryl methyl sites for hydroxylation is 2. The molecule has 6 nitrogen and oxygen atoms in total. The van der Waals surface area contributed by atoms with Gasteiger partial charge in [0.05, 0.1) is 4.90 Å². The molecule has 1 aromatic heterocycles. The second kappa shape index (κ2) is 7.31. The predicted molar refractivity (Wildman–Crippen MR) is 103 cm³/mol. The molecule has 2 aromatic carbocycles. The first-order valence-electron chi connectivity index (χ1n) is 7.80. The highest BCUT2D eigenvalue weighted by atomic mass is 35.5. The highest BCUT2D eigenvalue weighted by Gasteiger charge is 2.17. The van der Waals surface area contributed by atoms with Gasteiger partial charge in [-0.05, 0) is 55.3 Å². The Bertz CT molecular complexity index is 1040. The van der Waals surface area contributed by atoms with E-state index in [4.69, 9.17) is 11.6 Å². The van der Waals surface area contributed by atoms with Gasteiger partial charge in [-0.3, -0.25) is 4.72 Å². The van der Waals surface area contributed by atoms with Crippen LogP contribution in [0.15, 0.2) is 59.5 Å². The molecule has 0 radical (unpaired) electrons. The Morgan fingerprint density at radius 2 is 1.58 bits per heavy atom. The van der Waals surface area contributed by atoms with Gasteiger partial charge in [-0.2, -0.15) is 0 Å². The third-order valence-electron chi connectivity index (χ3n) is 3.75. The van der Waals surface area contributed by atoms with Gasteiger partial charge in [0.2, 0.25) is 0 Å². The summed E-state index contributed by atoms with van der Waals surface area (Å²) >= 11 is 6.00. The zero-order valence-corrected chi connectivity index (χ0v) is 15.8. The number of aromatic nitrogens is 2. The maximum atomic E-state index is 12.5. The average Bonchev–Trinajstić information content (AvgIpc) is 2.60. The molecule has 3 aromatic rings. The van der Waals surface area contributed by atoms with E-state index < -0.39 is 10.0 Å². The zero-order valence-electron chi connectivity index (χ0n) is 14.2. The molecule has 0 unspecified atom stereocenters. The third-order valence-corrected chi connectivity index (χ3v) is 5.50. The fourth-order valence-corrected chi connectivity index (χ4v) is 3.79. The van der Waals surface area contributed by atoms with E-state index in [0.29, 0.717) is 16.4 Å². The normalized spacial score (nSPS) is 11.2. The van der Waals surface area contributed by atoms with Gasteiger partial charge in [-0.25, -0.2) is 8.42 Å². The van der Waals surface area contributed by atoms with E-state index in [1.54, 1.807) is 55.5 Å². The Morgan fingerprint density at radius 3 is 2.27 bits per heavy atom. The van der Waals surface area contributed by atoms with Crippen LogP contribution in [0.1, 0.15) is 11.1 Å². The first-order chi connectivity index (χ1) is 12.3. The fourth-order valence-electron chi connectivity index (χ4n) is 2.37. The zero-order chi connectivity index (χ0) is 18.7. The minimum absolute atomic E-state index is 0.140. The van der Waals surface area contributed by atoms with Gasteiger partial charge in [0.25, 0.3) is 10.0 Å². The van der Waals surface area contributed by atoms with E-state index >= 15 is 0 Å². The third kappa shape index (κ3) is 4.12. The summed E-state index contributed by atoms with van der Waals surface area (Å²) in [6, 6.07) is 15.4. The SMILES string of the molecule is Cc1ccc(Cl)cc1Nc1ccc(NS(=O)(=O)c2ccccc2C)nn1. The molecule has 1 heterocycles. The number of hydrogen-bond acceptors (Lipinski definition) is 5. The highest BCUT2D eigenvalue weighted by Crippen LogP contribution is 2.24. The van der Waals surface area contributed by atoms with E-state index in [-0.39, 0.29) is 10.7 Å². The smallest absolute Gasteiger partial charge is 0.263 e. The molecule has 0 atom stereocenters. The van der Waals surface area contributed by atoms with Crippen molar-refractivity contribution in [2.75, 3.05) is 10.0 Å². The monoisotopic (exact) mass is 388 g/mol. The van der Waals surface area contributed by atoms with Gasteiger partial charge < -0.3 is 5.32 Å². The van der Waals surface area contributed by atoms with Crippen LogP contribution < -0.4 is 10.0 Å². The summed E-state index contributed by atoms with van der Waals surface area (Å²) < 4.78 is 27.4. The molecule has 0 aliphatic rings. The highest BCUT2D eigenvalue weighted by molar-refractivity contribution is 7.92. The number of nitrogens with zero attached hydrogens (tertiary/aromatic N) is 2. The van der Waals surface area contributed by atoms with Crippen LogP contribution in [0, 0.1) is 13.8 Å². The van der Waals surface area contributed by atoms with Crippen LogP contribution >= 0.6 is 11.6 Å². The summed E-state index contributed by atoms with van der Waals surface area (Å²) in [5.74, 6) is 0.621. The average molecular weight is 389 g/mol. The molecule has 0 spiro atoms. The number of hydrogen-bond donors (Lipinski definition) is 2. The molecule has 0 bridgehead atoms. The minimum Gasteiger partial charge on any atom is -0.338 e. The molecule has 0 aliphatic heterocycles. The lowest BCUT2D eigenvalue weighted by molar-refractivity contribution is 0.600. The van der Waals surface area contributed by atoms with Gasteiger partial charge in [-0.15, -0.1) is 10.2 Å². The molecular formula is C18H17ClN4O2S. The van der Waals surface area contributed by atoms with Gasteiger partial charge in [0.15, 0.2) is 11.6 Å². The number of rotatable bonds is 5. The number of halogens is 1. The van der Waals surface area contributed by atoms with E-state index in [2.05, 4.69) is 20.2 Å². The van der Waals surface area contributed by atoms with Gasteiger partial charge >= 0.3 is 0 Å². The van der Waals surface area contributed by atoms with E-state index in [0.717, 1.165) is 11.3 Å². The summed E-state index contributed by atoms with van der Waals surface area (Å²) in [4.78, 5) is 0.207. The Morgan fingerprint density at radius 1 is 0.885 bits per heavy atom. The maximum absolute atomic E-state index is 12.5. The quantitative estimate of drug-likeness (QED) is 0.681.